The second kappa shape index (κ2) is 14.1. The van der Waals surface area contributed by atoms with Gasteiger partial charge in [0.25, 0.3) is 0 Å². The van der Waals surface area contributed by atoms with E-state index in [4.69, 9.17) is 14.2 Å². The molecule has 2 aliphatic rings. The van der Waals surface area contributed by atoms with Gasteiger partial charge in [-0.15, -0.1) is 4.28 Å². The first-order valence-electron chi connectivity index (χ1n) is 13.3. The van der Waals surface area contributed by atoms with E-state index in [0.717, 1.165) is 25.7 Å². The smallest absolute Gasteiger partial charge is 0.433 e. The summed E-state index contributed by atoms with van der Waals surface area (Å²) in [5.41, 5.74) is 5.97. The minimum absolute atomic E-state index is 0.0230. The molecular weight excluding hydrogens is 536 g/mol. The van der Waals surface area contributed by atoms with Crippen molar-refractivity contribution >= 4 is 40.1 Å². The third-order valence-electron chi connectivity index (χ3n) is 6.75. The molecule has 2 atom stereocenters. The summed E-state index contributed by atoms with van der Waals surface area (Å²) >= 11 is 1.30. The summed E-state index contributed by atoms with van der Waals surface area (Å²) < 4.78 is 33.2. The first kappa shape index (κ1) is 32.6. The van der Waals surface area contributed by atoms with Crippen LogP contribution in [0, 0.1) is 5.92 Å². The Morgan fingerprint density at radius 3 is 2.37 bits per heavy atom. The minimum Gasteiger partial charge on any atom is -0.463 e. The Labute approximate surface area is 230 Å². The zero-order chi connectivity index (χ0) is 28.7. The van der Waals surface area contributed by atoms with E-state index in [0.29, 0.717) is 31.7 Å². The number of carboxylic acid groups (broad SMARTS) is 1. The van der Waals surface area contributed by atoms with Crippen LogP contribution in [0.5, 0.6) is 0 Å². The molecule has 0 aromatic carbocycles. The highest BCUT2D eigenvalue weighted by Crippen LogP contribution is 2.37. The minimum atomic E-state index is -4.76. The summed E-state index contributed by atoms with van der Waals surface area (Å²) in [6.07, 6.45) is 3.24. The highest BCUT2D eigenvalue weighted by molar-refractivity contribution is 8.01. The summed E-state index contributed by atoms with van der Waals surface area (Å²) in [4.78, 5) is 40.7. The van der Waals surface area contributed by atoms with E-state index in [-0.39, 0.29) is 35.4 Å². The molecular formula is C24H44N4O8S2. The predicted octanol–water partition coefficient (Wildman–Crippen LogP) is 2.48. The van der Waals surface area contributed by atoms with Crippen LogP contribution < -0.4 is 11.1 Å². The van der Waals surface area contributed by atoms with E-state index < -0.39 is 39.2 Å². The summed E-state index contributed by atoms with van der Waals surface area (Å²) in [5.74, 6) is -0.680. The molecule has 4 N–H and O–H groups in total. The number of rotatable bonds is 13. The van der Waals surface area contributed by atoms with E-state index in [9.17, 15) is 27.9 Å². The summed E-state index contributed by atoms with van der Waals surface area (Å²) in [5, 5.41) is 13.0. The summed E-state index contributed by atoms with van der Waals surface area (Å²) in [6.45, 7) is 9.26. The zero-order valence-corrected chi connectivity index (χ0v) is 24.7. The van der Waals surface area contributed by atoms with Gasteiger partial charge in [0, 0.05) is 23.9 Å². The number of nitrogens with zero attached hydrogens (tertiary/aromatic N) is 2. The Bertz CT molecular complexity index is 922. The van der Waals surface area contributed by atoms with Gasteiger partial charge in [-0.3, -0.25) is 9.59 Å². The number of amides is 3. The number of hydrogen-bond donors (Lipinski definition) is 3. The quantitative estimate of drug-likeness (QED) is 0.275. The number of likely N-dealkylation sites (tertiary alicyclic amines) is 1. The topological polar surface area (TPSA) is 169 Å². The van der Waals surface area contributed by atoms with E-state index in [1.54, 1.807) is 20.8 Å². The lowest BCUT2D eigenvalue weighted by molar-refractivity contribution is -0.154. The van der Waals surface area contributed by atoms with Crippen molar-refractivity contribution in [2.24, 2.45) is 11.7 Å². The van der Waals surface area contributed by atoms with Crippen molar-refractivity contribution in [1.82, 2.24) is 15.3 Å². The maximum Gasteiger partial charge on any atom is 0.433 e. The number of carbonyl (C=O) groups is 3. The molecule has 2 fully saturated rings. The first-order chi connectivity index (χ1) is 17.7. The summed E-state index contributed by atoms with van der Waals surface area (Å²) in [6, 6.07) is -2.16. The van der Waals surface area contributed by atoms with Crippen molar-refractivity contribution in [2.45, 2.75) is 108 Å². The molecule has 0 bridgehead atoms. The van der Waals surface area contributed by atoms with Crippen LogP contribution in [0.15, 0.2) is 0 Å². The molecule has 1 saturated heterocycles. The second-order valence-corrected chi connectivity index (χ2v) is 14.2. The van der Waals surface area contributed by atoms with E-state index in [2.05, 4.69) is 5.32 Å². The SMILES string of the molecule is CCCOS(=O)(=O)ON(C(=O)O)[C@@H](C(=O)N1CCC[C@H]1C(=O)NCC1CCC(N)CC1)C(C)(C)SC(C)C. The number of thioether (sulfide) groups is 1. The van der Waals surface area contributed by atoms with Crippen LogP contribution in [-0.4, -0.2) is 89.2 Å². The molecule has 0 aromatic rings. The second-order valence-electron chi connectivity index (χ2n) is 10.8. The molecule has 1 aliphatic carbocycles. The third kappa shape index (κ3) is 9.25. The fourth-order valence-corrected chi connectivity index (χ4v) is 7.36. The predicted molar refractivity (Wildman–Crippen MR) is 144 cm³/mol. The largest absolute Gasteiger partial charge is 0.463 e. The van der Waals surface area contributed by atoms with Gasteiger partial charge in [0.2, 0.25) is 11.8 Å². The molecule has 2 rings (SSSR count). The molecule has 0 spiro atoms. The average Bonchev–Trinajstić information content (AvgIpc) is 3.31. The average molecular weight is 581 g/mol. The molecule has 1 aliphatic heterocycles. The van der Waals surface area contributed by atoms with Gasteiger partial charge < -0.3 is 21.1 Å². The van der Waals surface area contributed by atoms with Gasteiger partial charge in [-0.05, 0) is 70.0 Å². The number of nitrogens with two attached hydrogens (primary N) is 1. The Morgan fingerprint density at radius 1 is 1.18 bits per heavy atom. The molecule has 14 heteroatoms. The molecule has 0 unspecified atom stereocenters. The van der Waals surface area contributed by atoms with E-state index in [1.165, 1.54) is 16.7 Å². The van der Waals surface area contributed by atoms with Gasteiger partial charge in [0.1, 0.15) is 6.04 Å². The van der Waals surface area contributed by atoms with Crippen LogP contribution in [0.1, 0.15) is 79.6 Å². The Morgan fingerprint density at radius 2 is 1.82 bits per heavy atom. The number of hydroxylamine groups is 2. The Kier molecular flexibility index (Phi) is 12.1. The monoisotopic (exact) mass is 580 g/mol. The molecule has 1 saturated carbocycles. The Hall–Kier alpha value is -1.61. The van der Waals surface area contributed by atoms with Crippen LogP contribution in [0.3, 0.4) is 0 Å². The van der Waals surface area contributed by atoms with Crippen LogP contribution in [-0.2, 0) is 28.5 Å². The zero-order valence-electron chi connectivity index (χ0n) is 23.1. The maximum absolute atomic E-state index is 14.0. The van der Waals surface area contributed by atoms with Gasteiger partial charge in [-0.1, -0.05) is 20.8 Å². The maximum atomic E-state index is 14.0. The fraction of sp³-hybridized carbons (Fsp3) is 0.875. The van der Waals surface area contributed by atoms with Crippen molar-refractivity contribution in [2.75, 3.05) is 19.7 Å². The van der Waals surface area contributed by atoms with Crippen molar-refractivity contribution in [3.8, 4) is 0 Å². The molecule has 0 aromatic heterocycles. The van der Waals surface area contributed by atoms with Gasteiger partial charge >= 0.3 is 16.5 Å². The molecule has 0 radical (unpaired) electrons. The van der Waals surface area contributed by atoms with Gasteiger partial charge in [0.15, 0.2) is 6.04 Å². The highest BCUT2D eigenvalue weighted by atomic mass is 32.3. The van der Waals surface area contributed by atoms with Gasteiger partial charge in [-0.25, -0.2) is 8.98 Å². The van der Waals surface area contributed by atoms with Crippen LogP contribution in [0.4, 0.5) is 4.79 Å². The van der Waals surface area contributed by atoms with Crippen molar-refractivity contribution < 1.29 is 36.4 Å². The third-order valence-corrected chi connectivity index (χ3v) is 8.85. The van der Waals surface area contributed by atoms with Gasteiger partial charge in [0.05, 0.1) is 6.61 Å². The number of hydrogen-bond acceptors (Lipinski definition) is 9. The van der Waals surface area contributed by atoms with Crippen molar-refractivity contribution in [3.63, 3.8) is 0 Å². The van der Waals surface area contributed by atoms with Crippen molar-refractivity contribution in [1.29, 1.82) is 0 Å². The first-order valence-corrected chi connectivity index (χ1v) is 15.5. The summed E-state index contributed by atoms with van der Waals surface area (Å²) in [7, 11) is -4.76. The lowest BCUT2D eigenvalue weighted by atomic mass is 9.86. The fourth-order valence-electron chi connectivity index (χ4n) is 5.06. The number of nitrogens with one attached hydrogen (secondary N) is 1. The van der Waals surface area contributed by atoms with Crippen LogP contribution >= 0.6 is 11.8 Å². The normalized spacial score (nSPS) is 23.3. The molecule has 1 heterocycles. The Balaban J connectivity index is 2.29. The van der Waals surface area contributed by atoms with E-state index >= 15 is 0 Å². The lowest BCUT2D eigenvalue weighted by Gasteiger charge is -2.40. The molecule has 220 valence electrons. The lowest BCUT2D eigenvalue weighted by Crippen LogP contribution is -2.61. The molecule has 3 amide bonds. The van der Waals surface area contributed by atoms with E-state index in [1.807, 2.05) is 13.8 Å². The van der Waals surface area contributed by atoms with Crippen LogP contribution in [0.2, 0.25) is 0 Å². The van der Waals surface area contributed by atoms with Crippen LogP contribution in [0.25, 0.3) is 0 Å². The standard InChI is InChI=1S/C24H44N4O8S2/c1-6-14-35-38(33,34)36-28(23(31)32)20(24(4,5)37-16(2)3)22(30)27-13-7-8-19(27)21(29)26-15-17-9-11-18(25)12-10-17/h16-20H,6-15,25H2,1-5H3,(H,26,29)(H,31,32)/t17?,18?,19-,20-/m0/s1. The highest BCUT2D eigenvalue weighted by Gasteiger charge is 2.50. The molecule has 38 heavy (non-hydrogen) atoms. The van der Waals surface area contributed by atoms with Crippen molar-refractivity contribution in [3.05, 3.63) is 0 Å². The number of carbonyl (C=O) groups excluding carboxylic acids is 2. The molecule has 12 nitrogen and oxygen atoms in total. The van der Waals surface area contributed by atoms with Gasteiger partial charge in [-0.2, -0.15) is 25.2 Å².